The van der Waals surface area contributed by atoms with E-state index >= 15 is 0 Å². The zero-order valence-electron chi connectivity index (χ0n) is 21.5. The summed E-state index contributed by atoms with van der Waals surface area (Å²) in [6.07, 6.45) is 15.8. The van der Waals surface area contributed by atoms with E-state index in [1.165, 1.54) is 64.2 Å². The molecule has 9 atom stereocenters. The Morgan fingerprint density at radius 2 is 1.74 bits per heavy atom. The molecular weight excluding hydrogens is 378 g/mol. The second-order valence-corrected chi connectivity index (χ2v) is 13.2. The number of piperidine rings is 1. The van der Waals surface area contributed by atoms with Gasteiger partial charge >= 0.3 is 0 Å². The van der Waals surface area contributed by atoms with E-state index in [4.69, 9.17) is 0 Å². The molecule has 0 aromatic rings. The van der Waals surface area contributed by atoms with Crippen LogP contribution in [0, 0.1) is 52.3 Å². The molecule has 0 aromatic carbocycles. The van der Waals surface area contributed by atoms with Gasteiger partial charge in [0.15, 0.2) is 0 Å². The molecule has 4 fully saturated rings. The van der Waals surface area contributed by atoms with Crippen LogP contribution in [0.15, 0.2) is 0 Å². The van der Waals surface area contributed by atoms with Crippen LogP contribution in [0.4, 0.5) is 0 Å². The predicted molar refractivity (Wildman–Crippen MR) is 131 cm³/mol. The topological polar surface area (TPSA) is 29.1 Å². The molecule has 0 radical (unpaired) electrons. The Morgan fingerprint density at radius 3 is 2.45 bits per heavy atom. The molecule has 1 aliphatic heterocycles. The SMILES string of the molecule is CCCC1CC2NC(=O)CC[C@]2(C)[C@H]2CC[C@]3(C)[C@@H]([C@H](C)CCCC(C)C)CC[C@H]3[C@H]12. The van der Waals surface area contributed by atoms with Gasteiger partial charge in [-0.15, -0.1) is 0 Å². The number of rotatable bonds is 7. The van der Waals surface area contributed by atoms with Gasteiger partial charge in [-0.05, 0) is 90.8 Å². The van der Waals surface area contributed by atoms with Crippen molar-refractivity contribution in [1.29, 1.82) is 0 Å². The van der Waals surface area contributed by atoms with Gasteiger partial charge in [-0.25, -0.2) is 0 Å². The molecule has 0 bridgehead atoms. The van der Waals surface area contributed by atoms with Crippen LogP contribution in [0.5, 0.6) is 0 Å². The lowest BCUT2D eigenvalue weighted by molar-refractivity contribution is -0.146. The summed E-state index contributed by atoms with van der Waals surface area (Å²) in [7, 11) is 0. The molecule has 0 aromatic heterocycles. The molecule has 3 saturated carbocycles. The van der Waals surface area contributed by atoms with Gasteiger partial charge in [0.2, 0.25) is 5.91 Å². The van der Waals surface area contributed by atoms with E-state index in [1.807, 2.05) is 0 Å². The molecule has 4 aliphatic rings. The summed E-state index contributed by atoms with van der Waals surface area (Å²) in [6.45, 7) is 15.0. The summed E-state index contributed by atoms with van der Waals surface area (Å²) in [5.41, 5.74) is 0.899. The van der Waals surface area contributed by atoms with Gasteiger partial charge < -0.3 is 5.32 Å². The maximum atomic E-state index is 12.3. The monoisotopic (exact) mass is 429 g/mol. The Kier molecular flexibility index (Phi) is 6.87. The van der Waals surface area contributed by atoms with E-state index in [0.717, 1.165) is 54.3 Å². The van der Waals surface area contributed by atoms with Gasteiger partial charge in [-0.1, -0.05) is 73.6 Å². The van der Waals surface area contributed by atoms with Gasteiger partial charge in [0, 0.05) is 12.5 Å². The standard InChI is InChI=1S/C29H51NO/c1-7-9-21-18-25-29(6,17-15-26(31)30-25)24-14-16-28(5)22(12-13-23(28)27(21)24)20(4)11-8-10-19(2)3/h19-25,27H,7-18H2,1-6H3,(H,30,31)/t20-,21?,22-,23+,24+,25?,27+,28-,29-/m1/s1. The maximum absolute atomic E-state index is 12.3. The summed E-state index contributed by atoms with van der Waals surface area (Å²) in [5, 5.41) is 3.47. The highest BCUT2D eigenvalue weighted by molar-refractivity contribution is 5.77. The minimum absolute atomic E-state index is 0.313. The zero-order chi connectivity index (χ0) is 22.4. The van der Waals surface area contributed by atoms with Crippen molar-refractivity contribution < 1.29 is 4.79 Å². The number of amides is 1. The van der Waals surface area contributed by atoms with Crippen molar-refractivity contribution >= 4 is 5.91 Å². The van der Waals surface area contributed by atoms with E-state index in [-0.39, 0.29) is 0 Å². The summed E-state index contributed by atoms with van der Waals surface area (Å²) in [4.78, 5) is 12.3. The largest absolute Gasteiger partial charge is 0.353 e. The summed E-state index contributed by atoms with van der Waals surface area (Å²) < 4.78 is 0. The number of carbonyl (C=O) groups is 1. The van der Waals surface area contributed by atoms with Crippen LogP contribution in [0.25, 0.3) is 0 Å². The minimum Gasteiger partial charge on any atom is -0.353 e. The molecule has 2 nitrogen and oxygen atoms in total. The molecule has 2 heteroatoms. The molecule has 31 heavy (non-hydrogen) atoms. The third-order valence-electron chi connectivity index (χ3n) is 11.1. The van der Waals surface area contributed by atoms with Crippen LogP contribution in [0.2, 0.25) is 0 Å². The molecule has 1 amide bonds. The highest BCUT2D eigenvalue weighted by Gasteiger charge is 2.62. The quantitative estimate of drug-likeness (QED) is 0.443. The molecular formula is C29H51NO. The molecule has 1 N–H and O–H groups in total. The lowest BCUT2D eigenvalue weighted by Gasteiger charge is -2.63. The lowest BCUT2D eigenvalue weighted by Crippen LogP contribution is -2.63. The fraction of sp³-hybridized carbons (Fsp3) is 0.966. The minimum atomic E-state index is 0.313. The van der Waals surface area contributed by atoms with Crippen molar-refractivity contribution in [2.45, 2.75) is 125 Å². The zero-order valence-corrected chi connectivity index (χ0v) is 21.5. The van der Waals surface area contributed by atoms with Gasteiger partial charge in [0.25, 0.3) is 0 Å². The first-order chi connectivity index (χ1) is 14.7. The van der Waals surface area contributed by atoms with E-state index < -0.39 is 0 Å². The predicted octanol–water partition coefficient (Wildman–Crippen LogP) is 7.61. The third-order valence-corrected chi connectivity index (χ3v) is 11.1. The van der Waals surface area contributed by atoms with Gasteiger partial charge in [0.1, 0.15) is 0 Å². The second kappa shape index (κ2) is 9.02. The Balaban J connectivity index is 1.55. The lowest BCUT2D eigenvalue weighted by atomic mass is 9.44. The highest BCUT2D eigenvalue weighted by Crippen LogP contribution is 2.68. The van der Waals surface area contributed by atoms with Gasteiger partial charge in [-0.3, -0.25) is 4.79 Å². The second-order valence-electron chi connectivity index (χ2n) is 13.2. The Morgan fingerprint density at radius 1 is 1.00 bits per heavy atom. The number of hydrogen-bond donors (Lipinski definition) is 1. The van der Waals surface area contributed by atoms with Crippen LogP contribution in [-0.4, -0.2) is 11.9 Å². The fourth-order valence-electron chi connectivity index (χ4n) is 9.55. The van der Waals surface area contributed by atoms with Crippen LogP contribution in [0.3, 0.4) is 0 Å². The smallest absolute Gasteiger partial charge is 0.220 e. The van der Waals surface area contributed by atoms with Crippen molar-refractivity contribution in [1.82, 2.24) is 5.32 Å². The average molecular weight is 430 g/mol. The molecule has 1 heterocycles. The average Bonchev–Trinajstić information content (AvgIpc) is 3.06. The normalized spacial score (nSPS) is 45.6. The van der Waals surface area contributed by atoms with Crippen LogP contribution in [-0.2, 0) is 4.79 Å². The van der Waals surface area contributed by atoms with Crippen LogP contribution in [0.1, 0.15) is 119 Å². The molecule has 3 aliphatic carbocycles. The van der Waals surface area contributed by atoms with Crippen molar-refractivity contribution in [2.75, 3.05) is 0 Å². The molecule has 1 saturated heterocycles. The molecule has 2 unspecified atom stereocenters. The first-order valence-corrected chi connectivity index (χ1v) is 14.0. The molecule has 0 spiro atoms. The Hall–Kier alpha value is -0.530. The first-order valence-electron chi connectivity index (χ1n) is 14.0. The van der Waals surface area contributed by atoms with Gasteiger partial charge in [-0.2, -0.15) is 0 Å². The van der Waals surface area contributed by atoms with Crippen molar-refractivity contribution in [3.05, 3.63) is 0 Å². The van der Waals surface area contributed by atoms with Crippen molar-refractivity contribution in [3.8, 4) is 0 Å². The van der Waals surface area contributed by atoms with Crippen LogP contribution >= 0.6 is 0 Å². The maximum Gasteiger partial charge on any atom is 0.220 e. The van der Waals surface area contributed by atoms with Crippen LogP contribution < -0.4 is 5.32 Å². The molecule has 4 rings (SSSR count). The number of fused-ring (bicyclic) bond motifs is 5. The number of carbonyl (C=O) groups excluding carboxylic acids is 1. The third kappa shape index (κ3) is 4.12. The number of hydrogen-bond acceptors (Lipinski definition) is 1. The fourth-order valence-corrected chi connectivity index (χ4v) is 9.55. The van der Waals surface area contributed by atoms with E-state index in [1.54, 1.807) is 0 Å². The summed E-state index contributed by atoms with van der Waals surface area (Å²) in [5.74, 6) is 6.46. The first kappa shape index (κ1) is 23.6. The Bertz CT molecular complexity index is 643. The summed E-state index contributed by atoms with van der Waals surface area (Å²) in [6, 6.07) is 0.433. The van der Waals surface area contributed by atoms with Gasteiger partial charge in [0.05, 0.1) is 0 Å². The van der Waals surface area contributed by atoms with Crippen molar-refractivity contribution in [3.63, 3.8) is 0 Å². The van der Waals surface area contributed by atoms with E-state index in [0.29, 0.717) is 22.8 Å². The van der Waals surface area contributed by atoms with E-state index in [2.05, 4.69) is 46.9 Å². The highest BCUT2D eigenvalue weighted by atomic mass is 16.1. The van der Waals surface area contributed by atoms with E-state index in [9.17, 15) is 4.79 Å². The number of nitrogens with one attached hydrogen (secondary N) is 1. The molecule has 178 valence electrons. The Labute approximate surface area is 193 Å². The van der Waals surface area contributed by atoms with Crippen molar-refractivity contribution in [2.24, 2.45) is 52.3 Å². The summed E-state index contributed by atoms with van der Waals surface area (Å²) >= 11 is 0.